The minimum absolute atomic E-state index is 0.0213. The molecule has 0 saturated carbocycles. The average Bonchev–Trinajstić information content (AvgIpc) is 2.79. The molecule has 6 nitrogen and oxygen atoms in total. The number of hydrogen-bond donors (Lipinski definition) is 2. The topological polar surface area (TPSA) is 98.6 Å². The number of carbonyl (C=O) groups is 1. The normalized spacial score (nSPS) is 10.2. The Morgan fingerprint density at radius 3 is 2.82 bits per heavy atom. The Labute approximate surface area is 96.6 Å². The summed E-state index contributed by atoms with van der Waals surface area (Å²) in [6, 6.07) is 6.10. The number of aromatic hydroxyl groups is 1. The summed E-state index contributed by atoms with van der Waals surface area (Å²) in [6.45, 7) is 0. The largest absolute Gasteiger partial charge is 0.504 e. The minimum atomic E-state index is -0.686. The molecule has 0 unspecified atom stereocenters. The zero-order chi connectivity index (χ0) is 12.4. The number of rotatable bonds is 3. The van der Waals surface area contributed by atoms with Crippen LogP contribution in [0, 0.1) is 0 Å². The van der Waals surface area contributed by atoms with E-state index in [1.807, 2.05) is 0 Å². The number of primary amides is 1. The lowest BCUT2D eigenvalue weighted by Crippen LogP contribution is -2.09. The van der Waals surface area contributed by atoms with E-state index in [2.05, 4.69) is 5.16 Å². The zero-order valence-electron chi connectivity index (χ0n) is 9.01. The molecule has 0 aliphatic rings. The smallest absolute Gasteiger partial charge is 0.287 e. The van der Waals surface area contributed by atoms with Crippen LogP contribution in [-0.4, -0.2) is 23.3 Å². The van der Waals surface area contributed by atoms with Crippen LogP contribution < -0.4 is 10.5 Å². The second kappa shape index (κ2) is 4.17. The van der Waals surface area contributed by atoms with Gasteiger partial charge >= 0.3 is 0 Å². The Balaban J connectivity index is 2.42. The number of hydrogen-bond acceptors (Lipinski definition) is 5. The lowest BCUT2D eigenvalue weighted by Gasteiger charge is -2.03. The van der Waals surface area contributed by atoms with E-state index in [1.165, 1.54) is 19.2 Å². The number of nitrogens with zero attached hydrogens (tertiary/aromatic N) is 1. The van der Waals surface area contributed by atoms with Gasteiger partial charge in [-0.15, -0.1) is 0 Å². The Bertz CT molecular complexity index is 562. The predicted octanol–water partition coefficient (Wildman–Crippen LogP) is 1.15. The summed E-state index contributed by atoms with van der Waals surface area (Å²) in [5.41, 5.74) is 6.14. The molecule has 0 saturated heterocycles. The highest BCUT2D eigenvalue weighted by Crippen LogP contribution is 2.30. The van der Waals surface area contributed by atoms with E-state index >= 15 is 0 Å². The van der Waals surface area contributed by atoms with Crippen LogP contribution in [-0.2, 0) is 0 Å². The maximum atomic E-state index is 10.8. The van der Waals surface area contributed by atoms with Crippen molar-refractivity contribution in [3.63, 3.8) is 0 Å². The van der Waals surface area contributed by atoms with Gasteiger partial charge in [0.1, 0.15) is 5.69 Å². The summed E-state index contributed by atoms with van der Waals surface area (Å²) in [5, 5.41) is 13.1. The summed E-state index contributed by atoms with van der Waals surface area (Å²) >= 11 is 0. The Hall–Kier alpha value is -2.50. The Morgan fingerprint density at radius 2 is 2.24 bits per heavy atom. The Kier molecular flexibility index (Phi) is 2.70. The average molecular weight is 234 g/mol. The zero-order valence-corrected chi connectivity index (χ0v) is 9.01. The van der Waals surface area contributed by atoms with Crippen LogP contribution in [0.25, 0.3) is 11.3 Å². The number of carbonyl (C=O) groups excluding carboxylic acids is 1. The molecule has 0 spiro atoms. The van der Waals surface area contributed by atoms with E-state index in [-0.39, 0.29) is 11.5 Å². The fourth-order valence-electron chi connectivity index (χ4n) is 1.36. The minimum Gasteiger partial charge on any atom is -0.504 e. The molecule has 6 heteroatoms. The number of phenols is 1. The summed E-state index contributed by atoms with van der Waals surface area (Å²) < 4.78 is 9.72. The van der Waals surface area contributed by atoms with Crippen LogP contribution in [0.5, 0.6) is 11.5 Å². The summed E-state index contributed by atoms with van der Waals surface area (Å²) in [6.07, 6.45) is 0. The van der Waals surface area contributed by atoms with Gasteiger partial charge in [0.2, 0.25) is 5.76 Å². The lowest BCUT2D eigenvalue weighted by atomic mass is 10.1. The van der Waals surface area contributed by atoms with E-state index in [1.54, 1.807) is 12.1 Å². The second-order valence-corrected chi connectivity index (χ2v) is 3.33. The third-order valence-electron chi connectivity index (χ3n) is 2.23. The van der Waals surface area contributed by atoms with Gasteiger partial charge in [-0.3, -0.25) is 4.79 Å². The van der Waals surface area contributed by atoms with Crippen LogP contribution in [0.3, 0.4) is 0 Å². The van der Waals surface area contributed by atoms with Gasteiger partial charge in [-0.25, -0.2) is 0 Å². The molecule has 2 rings (SSSR count). The van der Waals surface area contributed by atoms with E-state index in [9.17, 15) is 9.90 Å². The van der Waals surface area contributed by atoms with Crippen molar-refractivity contribution in [1.82, 2.24) is 5.16 Å². The highest BCUT2D eigenvalue weighted by atomic mass is 16.5. The predicted molar refractivity (Wildman–Crippen MR) is 58.7 cm³/mol. The molecule has 1 aromatic heterocycles. The van der Waals surface area contributed by atoms with Gasteiger partial charge in [-0.1, -0.05) is 5.16 Å². The van der Waals surface area contributed by atoms with E-state index in [4.69, 9.17) is 15.0 Å². The van der Waals surface area contributed by atoms with Gasteiger partial charge in [0.15, 0.2) is 11.5 Å². The first-order valence-electron chi connectivity index (χ1n) is 4.75. The molecule has 0 fully saturated rings. The molecule has 0 bridgehead atoms. The van der Waals surface area contributed by atoms with Crippen LogP contribution in [0.15, 0.2) is 28.8 Å². The fourth-order valence-corrected chi connectivity index (χ4v) is 1.36. The van der Waals surface area contributed by atoms with Crippen LogP contribution in [0.4, 0.5) is 0 Å². The standard InChI is InChI=1S/C11H10N2O4/c1-16-9-4-6(2-3-8(9)14)7-5-10(11(12)15)17-13-7/h2-5,14H,1H3,(H2,12,15). The molecule has 0 aliphatic carbocycles. The molecule has 3 N–H and O–H groups in total. The van der Waals surface area contributed by atoms with Crippen molar-refractivity contribution in [2.45, 2.75) is 0 Å². The van der Waals surface area contributed by atoms with E-state index in [0.29, 0.717) is 17.0 Å². The lowest BCUT2D eigenvalue weighted by molar-refractivity contribution is 0.0965. The van der Waals surface area contributed by atoms with Crippen molar-refractivity contribution in [3.05, 3.63) is 30.0 Å². The molecule has 0 atom stereocenters. The maximum absolute atomic E-state index is 10.8. The van der Waals surface area contributed by atoms with Gasteiger partial charge in [0.05, 0.1) is 7.11 Å². The van der Waals surface area contributed by atoms with Gasteiger partial charge in [-0.05, 0) is 18.2 Å². The molecule has 2 aromatic rings. The number of nitrogens with two attached hydrogens (primary N) is 1. The maximum Gasteiger partial charge on any atom is 0.287 e. The molecule has 17 heavy (non-hydrogen) atoms. The molecule has 1 aromatic carbocycles. The number of aromatic nitrogens is 1. The van der Waals surface area contributed by atoms with Crippen molar-refractivity contribution in [2.75, 3.05) is 7.11 Å². The first-order valence-corrected chi connectivity index (χ1v) is 4.75. The van der Waals surface area contributed by atoms with Gasteiger partial charge in [0.25, 0.3) is 5.91 Å². The first kappa shape index (κ1) is 11.0. The molecule has 0 radical (unpaired) electrons. The first-order chi connectivity index (χ1) is 8.11. The Morgan fingerprint density at radius 1 is 1.47 bits per heavy atom. The number of ether oxygens (including phenoxy) is 1. The number of phenolic OH excluding ortho intramolecular Hbond substituents is 1. The number of methoxy groups -OCH3 is 1. The third-order valence-corrected chi connectivity index (χ3v) is 2.23. The molecule has 88 valence electrons. The van der Waals surface area contributed by atoms with Crippen molar-refractivity contribution in [3.8, 4) is 22.8 Å². The molecule has 0 aliphatic heterocycles. The fraction of sp³-hybridized carbons (Fsp3) is 0.0909. The van der Waals surface area contributed by atoms with Crippen LogP contribution >= 0.6 is 0 Å². The van der Waals surface area contributed by atoms with E-state index in [0.717, 1.165) is 0 Å². The second-order valence-electron chi connectivity index (χ2n) is 3.33. The summed E-state index contributed by atoms with van der Waals surface area (Å²) in [5.74, 6) is -0.373. The molecule has 1 heterocycles. The molecular formula is C11H10N2O4. The van der Waals surface area contributed by atoms with E-state index < -0.39 is 5.91 Å². The number of benzene rings is 1. The third kappa shape index (κ3) is 2.05. The van der Waals surface area contributed by atoms with Crippen LogP contribution in [0.1, 0.15) is 10.6 Å². The van der Waals surface area contributed by atoms with Crippen molar-refractivity contribution in [1.29, 1.82) is 0 Å². The van der Waals surface area contributed by atoms with Crippen molar-refractivity contribution in [2.24, 2.45) is 5.73 Å². The highest BCUT2D eigenvalue weighted by molar-refractivity contribution is 5.90. The van der Waals surface area contributed by atoms with Crippen molar-refractivity contribution < 1.29 is 19.2 Å². The van der Waals surface area contributed by atoms with Gasteiger partial charge in [0, 0.05) is 11.6 Å². The van der Waals surface area contributed by atoms with Crippen molar-refractivity contribution >= 4 is 5.91 Å². The molecule has 1 amide bonds. The monoisotopic (exact) mass is 234 g/mol. The SMILES string of the molecule is COc1cc(-c2cc(C(N)=O)on2)ccc1O. The highest BCUT2D eigenvalue weighted by Gasteiger charge is 2.12. The van der Waals surface area contributed by atoms with Gasteiger partial charge < -0.3 is 20.1 Å². The summed E-state index contributed by atoms with van der Waals surface area (Å²) in [7, 11) is 1.44. The molecular weight excluding hydrogens is 224 g/mol. The van der Waals surface area contributed by atoms with Gasteiger partial charge in [-0.2, -0.15) is 0 Å². The van der Waals surface area contributed by atoms with Crippen LogP contribution in [0.2, 0.25) is 0 Å². The number of amides is 1. The quantitative estimate of drug-likeness (QED) is 0.830. The summed E-state index contributed by atoms with van der Waals surface area (Å²) in [4.78, 5) is 10.8.